The molecule has 0 bridgehead atoms. The topological polar surface area (TPSA) is 47.6 Å². The fraction of sp³-hybridized carbons (Fsp3) is 0.917. The lowest BCUT2D eigenvalue weighted by atomic mass is 10.2. The van der Waals surface area contributed by atoms with Crippen molar-refractivity contribution >= 4 is 5.97 Å². The van der Waals surface area contributed by atoms with Crippen molar-refractivity contribution in [2.75, 3.05) is 20.3 Å². The Morgan fingerprint density at radius 1 is 1.31 bits per heavy atom. The van der Waals surface area contributed by atoms with Crippen molar-refractivity contribution in [2.24, 2.45) is 0 Å². The zero-order chi connectivity index (χ0) is 12.4. The van der Waals surface area contributed by atoms with E-state index in [9.17, 15) is 4.79 Å². The molecule has 0 saturated heterocycles. The van der Waals surface area contributed by atoms with Crippen LogP contribution in [0.25, 0.3) is 0 Å². The first-order valence-electron chi connectivity index (χ1n) is 6.04. The normalized spacial score (nSPS) is 12.8. The molecule has 96 valence electrons. The Labute approximate surface area is 98.7 Å². The minimum absolute atomic E-state index is 0.170. The summed E-state index contributed by atoms with van der Waals surface area (Å²) in [4.78, 5) is 11.2. The van der Waals surface area contributed by atoms with Gasteiger partial charge < -0.3 is 14.8 Å². The molecule has 0 fully saturated rings. The molecule has 0 rings (SSSR count). The number of carbonyl (C=O) groups is 1. The van der Waals surface area contributed by atoms with Crippen LogP contribution in [-0.4, -0.2) is 38.4 Å². The van der Waals surface area contributed by atoms with Crippen LogP contribution in [0, 0.1) is 0 Å². The van der Waals surface area contributed by atoms with Crippen molar-refractivity contribution in [3.05, 3.63) is 0 Å². The number of ether oxygens (including phenoxy) is 2. The summed E-state index contributed by atoms with van der Waals surface area (Å²) in [7, 11) is 1.42. The molecule has 0 heterocycles. The minimum Gasteiger partial charge on any atom is -0.468 e. The van der Waals surface area contributed by atoms with Crippen molar-refractivity contribution < 1.29 is 14.3 Å². The fourth-order valence-electron chi connectivity index (χ4n) is 1.36. The first kappa shape index (κ1) is 15.4. The molecule has 4 nitrogen and oxygen atoms in total. The second-order valence-corrected chi connectivity index (χ2v) is 4.06. The zero-order valence-corrected chi connectivity index (χ0v) is 10.9. The van der Waals surface area contributed by atoms with E-state index < -0.39 is 0 Å². The van der Waals surface area contributed by atoms with Gasteiger partial charge in [0.05, 0.1) is 13.2 Å². The highest BCUT2D eigenvalue weighted by molar-refractivity contribution is 5.75. The average Bonchev–Trinajstić information content (AvgIpc) is 2.27. The SMILES string of the molecule is CCC(NCCCCOC(C)C)C(=O)OC. The Morgan fingerprint density at radius 3 is 2.50 bits per heavy atom. The van der Waals surface area contributed by atoms with Gasteiger partial charge in [-0.25, -0.2) is 0 Å². The van der Waals surface area contributed by atoms with Crippen LogP contribution in [0.5, 0.6) is 0 Å². The van der Waals surface area contributed by atoms with Crippen LogP contribution in [0.1, 0.15) is 40.0 Å². The van der Waals surface area contributed by atoms with Gasteiger partial charge in [0.15, 0.2) is 0 Å². The third-order valence-electron chi connectivity index (χ3n) is 2.31. The molecule has 0 aromatic rings. The maximum atomic E-state index is 11.2. The van der Waals surface area contributed by atoms with Gasteiger partial charge in [-0.15, -0.1) is 0 Å². The van der Waals surface area contributed by atoms with Crippen molar-refractivity contribution in [3.8, 4) is 0 Å². The van der Waals surface area contributed by atoms with E-state index in [-0.39, 0.29) is 12.0 Å². The molecule has 1 N–H and O–H groups in total. The molecule has 1 unspecified atom stereocenters. The quantitative estimate of drug-likeness (QED) is 0.485. The van der Waals surface area contributed by atoms with Crippen LogP contribution in [0.3, 0.4) is 0 Å². The lowest BCUT2D eigenvalue weighted by Gasteiger charge is -2.14. The number of rotatable bonds is 9. The van der Waals surface area contributed by atoms with Crippen LogP contribution < -0.4 is 5.32 Å². The third kappa shape index (κ3) is 7.65. The summed E-state index contributed by atoms with van der Waals surface area (Å²) in [5.41, 5.74) is 0. The number of nitrogens with one attached hydrogen (secondary N) is 1. The Morgan fingerprint density at radius 2 is 2.00 bits per heavy atom. The summed E-state index contributed by atoms with van der Waals surface area (Å²) in [6, 6.07) is -0.170. The number of hydrogen-bond donors (Lipinski definition) is 1. The summed E-state index contributed by atoms with van der Waals surface area (Å²) < 4.78 is 10.1. The van der Waals surface area contributed by atoms with Gasteiger partial charge >= 0.3 is 5.97 Å². The van der Waals surface area contributed by atoms with Crippen molar-refractivity contribution in [2.45, 2.75) is 52.2 Å². The molecule has 0 aliphatic heterocycles. The molecule has 1 atom stereocenters. The smallest absolute Gasteiger partial charge is 0.322 e. The Hall–Kier alpha value is -0.610. The van der Waals surface area contributed by atoms with Crippen LogP contribution >= 0.6 is 0 Å². The maximum Gasteiger partial charge on any atom is 0.322 e. The molecule has 0 spiro atoms. The van der Waals surface area contributed by atoms with E-state index in [1.54, 1.807) is 0 Å². The van der Waals surface area contributed by atoms with Gasteiger partial charge in [-0.1, -0.05) is 6.92 Å². The van der Waals surface area contributed by atoms with Gasteiger partial charge in [0, 0.05) is 6.61 Å². The Kier molecular flexibility index (Phi) is 9.24. The van der Waals surface area contributed by atoms with Crippen LogP contribution in [-0.2, 0) is 14.3 Å². The van der Waals surface area contributed by atoms with Crippen LogP contribution in [0.4, 0.5) is 0 Å². The minimum atomic E-state index is -0.180. The van der Waals surface area contributed by atoms with E-state index in [0.717, 1.165) is 32.4 Å². The first-order chi connectivity index (χ1) is 7.61. The summed E-state index contributed by atoms with van der Waals surface area (Å²) in [5, 5.41) is 3.18. The fourth-order valence-corrected chi connectivity index (χ4v) is 1.36. The highest BCUT2D eigenvalue weighted by atomic mass is 16.5. The molecule has 0 aromatic carbocycles. The maximum absolute atomic E-state index is 11.2. The van der Waals surface area contributed by atoms with Gasteiger partial charge in [-0.2, -0.15) is 0 Å². The number of hydrogen-bond acceptors (Lipinski definition) is 4. The third-order valence-corrected chi connectivity index (χ3v) is 2.31. The lowest BCUT2D eigenvalue weighted by Crippen LogP contribution is -2.37. The summed E-state index contributed by atoms with van der Waals surface area (Å²) in [5.74, 6) is -0.180. The predicted molar refractivity (Wildman–Crippen MR) is 64.4 cm³/mol. The van der Waals surface area contributed by atoms with Crippen molar-refractivity contribution in [1.82, 2.24) is 5.32 Å². The van der Waals surface area contributed by atoms with Crippen molar-refractivity contribution in [1.29, 1.82) is 0 Å². The standard InChI is InChI=1S/C12H25NO3/c1-5-11(12(14)15-4)13-8-6-7-9-16-10(2)3/h10-11,13H,5-9H2,1-4H3. The predicted octanol–water partition coefficient (Wildman–Crippen LogP) is 1.73. The summed E-state index contributed by atoms with van der Waals surface area (Å²) in [6.07, 6.45) is 3.09. The van der Waals surface area contributed by atoms with E-state index in [2.05, 4.69) is 10.1 Å². The largest absolute Gasteiger partial charge is 0.468 e. The number of carbonyl (C=O) groups excluding carboxylic acids is 1. The molecule has 0 amide bonds. The van der Waals surface area contributed by atoms with Gasteiger partial charge in [0.25, 0.3) is 0 Å². The molecule has 16 heavy (non-hydrogen) atoms. The number of esters is 1. The molecule has 0 saturated carbocycles. The molecular weight excluding hydrogens is 206 g/mol. The molecule has 4 heteroatoms. The van der Waals surface area contributed by atoms with Crippen molar-refractivity contribution in [3.63, 3.8) is 0 Å². The summed E-state index contributed by atoms with van der Waals surface area (Å²) in [6.45, 7) is 7.64. The Balaban J connectivity index is 3.45. The summed E-state index contributed by atoms with van der Waals surface area (Å²) >= 11 is 0. The Bertz CT molecular complexity index is 183. The van der Waals surface area contributed by atoms with Crippen LogP contribution in [0.15, 0.2) is 0 Å². The number of unbranched alkanes of at least 4 members (excludes halogenated alkanes) is 1. The van der Waals surface area contributed by atoms with E-state index in [0.29, 0.717) is 6.10 Å². The molecule has 0 radical (unpaired) electrons. The highest BCUT2D eigenvalue weighted by Gasteiger charge is 2.14. The zero-order valence-electron chi connectivity index (χ0n) is 10.9. The molecule has 0 aliphatic carbocycles. The first-order valence-corrected chi connectivity index (χ1v) is 6.04. The molecule has 0 aliphatic rings. The lowest BCUT2D eigenvalue weighted by molar-refractivity contribution is -0.143. The highest BCUT2D eigenvalue weighted by Crippen LogP contribution is 1.97. The average molecular weight is 231 g/mol. The monoisotopic (exact) mass is 231 g/mol. The van der Waals surface area contributed by atoms with E-state index >= 15 is 0 Å². The van der Waals surface area contributed by atoms with Gasteiger partial charge in [-0.3, -0.25) is 4.79 Å². The second-order valence-electron chi connectivity index (χ2n) is 4.06. The van der Waals surface area contributed by atoms with Gasteiger partial charge in [-0.05, 0) is 39.7 Å². The van der Waals surface area contributed by atoms with E-state index in [1.165, 1.54) is 7.11 Å². The van der Waals surface area contributed by atoms with Gasteiger partial charge in [0.1, 0.15) is 6.04 Å². The van der Waals surface area contributed by atoms with Gasteiger partial charge in [0.2, 0.25) is 0 Å². The number of methoxy groups -OCH3 is 1. The van der Waals surface area contributed by atoms with E-state index in [4.69, 9.17) is 4.74 Å². The second kappa shape index (κ2) is 9.60. The van der Waals surface area contributed by atoms with E-state index in [1.807, 2.05) is 20.8 Å². The molecular formula is C12H25NO3. The van der Waals surface area contributed by atoms with Crippen LogP contribution in [0.2, 0.25) is 0 Å². The molecule has 0 aromatic heterocycles.